The third-order valence-electron chi connectivity index (χ3n) is 4.81. The van der Waals surface area contributed by atoms with Gasteiger partial charge in [0.2, 0.25) is 11.7 Å². The second-order valence-corrected chi connectivity index (χ2v) is 6.67. The summed E-state index contributed by atoms with van der Waals surface area (Å²) in [5, 5.41) is 7.11. The second-order valence-electron chi connectivity index (χ2n) is 6.67. The molecule has 1 aromatic heterocycles. The maximum atomic E-state index is 12.8. The highest BCUT2D eigenvalue weighted by Gasteiger charge is 2.32. The number of carbonyl (C=O) groups excluding carboxylic acids is 1. The number of benzene rings is 2. The van der Waals surface area contributed by atoms with Gasteiger partial charge in [-0.3, -0.25) is 0 Å². The highest BCUT2D eigenvalue weighted by molar-refractivity contribution is 5.74. The minimum Gasteiger partial charge on any atom is -0.337 e. The quantitative estimate of drug-likeness (QED) is 0.756. The number of hydrogen-bond donors (Lipinski definition) is 1. The zero-order chi connectivity index (χ0) is 18.5. The number of nitrogens with one attached hydrogen (secondary N) is 1. The standard InChI is InChI=1S/C21H22N4O2/c26-21(22-15-16-9-3-1-4-10-16)25-14-8-7-13-18(25)20-23-19(24-27-20)17-11-5-2-6-12-17/h1-6,9-12,18H,7-8,13-15H2,(H,22,26). The van der Waals surface area contributed by atoms with Crippen LogP contribution in [0.1, 0.15) is 36.8 Å². The molecule has 3 aromatic rings. The molecular weight excluding hydrogens is 340 g/mol. The van der Waals surface area contributed by atoms with Crippen LogP contribution in [0.15, 0.2) is 65.2 Å². The molecule has 138 valence electrons. The van der Waals surface area contributed by atoms with E-state index >= 15 is 0 Å². The molecule has 2 heterocycles. The van der Waals surface area contributed by atoms with E-state index in [9.17, 15) is 4.79 Å². The van der Waals surface area contributed by atoms with Crippen molar-refractivity contribution in [2.45, 2.75) is 31.8 Å². The molecule has 0 bridgehead atoms. The van der Waals surface area contributed by atoms with Crippen LogP contribution in [0.4, 0.5) is 4.79 Å². The van der Waals surface area contributed by atoms with Crippen molar-refractivity contribution in [3.05, 3.63) is 72.1 Å². The summed E-state index contributed by atoms with van der Waals surface area (Å²) in [5.74, 6) is 1.06. The normalized spacial score (nSPS) is 16.9. The lowest BCUT2D eigenvalue weighted by Gasteiger charge is -2.33. The highest BCUT2D eigenvalue weighted by Crippen LogP contribution is 2.31. The van der Waals surface area contributed by atoms with Crippen LogP contribution in [-0.2, 0) is 6.54 Å². The topological polar surface area (TPSA) is 71.3 Å². The van der Waals surface area contributed by atoms with Gasteiger partial charge in [-0.2, -0.15) is 4.98 Å². The molecule has 6 nitrogen and oxygen atoms in total. The molecule has 1 aliphatic rings. The summed E-state index contributed by atoms with van der Waals surface area (Å²) in [4.78, 5) is 19.1. The summed E-state index contributed by atoms with van der Waals surface area (Å²) < 4.78 is 5.52. The number of nitrogens with zero attached hydrogens (tertiary/aromatic N) is 3. The molecule has 1 saturated heterocycles. The predicted octanol–water partition coefficient (Wildman–Crippen LogP) is 4.17. The predicted molar refractivity (Wildman–Crippen MR) is 102 cm³/mol. The van der Waals surface area contributed by atoms with Gasteiger partial charge in [-0.1, -0.05) is 65.8 Å². The van der Waals surface area contributed by atoms with Gasteiger partial charge < -0.3 is 14.7 Å². The molecule has 2 aromatic carbocycles. The first-order valence-electron chi connectivity index (χ1n) is 9.29. The fraction of sp³-hybridized carbons (Fsp3) is 0.286. The van der Waals surface area contributed by atoms with Gasteiger partial charge in [-0.05, 0) is 24.8 Å². The van der Waals surface area contributed by atoms with Crippen molar-refractivity contribution in [3.8, 4) is 11.4 Å². The smallest absolute Gasteiger partial charge is 0.318 e. The monoisotopic (exact) mass is 362 g/mol. The number of piperidine rings is 1. The fourth-order valence-corrected chi connectivity index (χ4v) is 3.38. The van der Waals surface area contributed by atoms with Crippen molar-refractivity contribution >= 4 is 6.03 Å². The average molecular weight is 362 g/mol. The number of likely N-dealkylation sites (tertiary alicyclic amines) is 1. The third kappa shape index (κ3) is 4.00. The zero-order valence-electron chi connectivity index (χ0n) is 15.0. The van der Waals surface area contributed by atoms with Gasteiger partial charge in [0.05, 0.1) is 0 Å². The van der Waals surface area contributed by atoms with Crippen LogP contribution in [0.3, 0.4) is 0 Å². The molecule has 1 atom stereocenters. The van der Waals surface area contributed by atoms with Gasteiger partial charge >= 0.3 is 6.03 Å². The van der Waals surface area contributed by atoms with Gasteiger partial charge in [-0.25, -0.2) is 4.79 Å². The van der Waals surface area contributed by atoms with Gasteiger partial charge in [0, 0.05) is 18.7 Å². The van der Waals surface area contributed by atoms with Crippen LogP contribution in [0, 0.1) is 0 Å². The Morgan fingerprint density at radius 1 is 1.07 bits per heavy atom. The Morgan fingerprint density at radius 2 is 1.81 bits per heavy atom. The summed E-state index contributed by atoms with van der Waals surface area (Å²) in [6, 6.07) is 19.3. The molecule has 1 fully saturated rings. The first-order valence-corrected chi connectivity index (χ1v) is 9.29. The van der Waals surface area contributed by atoms with Crippen molar-refractivity contribution in [1.29, 1.82) is 0 Å². The molecule has 4 rings (SSSR count). The van der Waals surface area contributed by atoms with E-state index in [0.29, 0.717) is 24.8 Å². The first-order chi connectivity index (χ1) is 13.3. The lowest BCUT2D eigenvalue weighted by atomic mass is 10.0. The SMILES string of the molecule is O=C(NCc1ccccc1)N1CCCCC1c1nc(-c2ccccc2)no1. The lowest BCUT2D eigenvalue weighted by Crippen LogP contribution is -2.44. The lowest BCUT2D eigenvalue weighted by molar-refractivity contribution is 0.131. The molecule has 1 aliphatic heterocycles. The van der Waals surface area contributed by atoms with Gasteiger partial charge in [0.1, 0.15) is 6.04 Å². The van der Waals surface area contributed by atoms with E-state index in [0.717, 1.165) is 30.4 Å². The van der Waals surface area contributed by atoms with Gasteiger partial charge in [-0.15, -0.1) is 0 Å². The van der Waals surface area contributed by atoms with Crippen molar-refractivity contribution in [2.75, 3.05) is 6.54 Å². The number of urea groups is 1. The minimum absolute atomic E-state index is 0.0944. The third-order valence-corrected chi connectivity index (χ3v) is 4.81. The van der Waals surface area contributed by atoms with Crippen LogP contribution in [0.5, 0.6) is 0 Å². The van der Waals surface area contributed by atoms with Crippen LogP contribution in [0.25, 0.3) is 11.4 Å². The number of hydrogen-bond acceptors (Lipinski definition) is 4. The Morgan fingerprint density at radius 3 is 2.59 bits per heavy atom. The van der Waals surface area contributed by atoms with E-state index in [4.69, 9.17) is 4.52 Å². The largest absolute Gasteiger partial charge is 0.337 e. The van der Waals surface area contributed by atoms with Crippen LogP contribution >= 0.6 is 0 Å². The molecule has 0 aliphatic carbocycles. The van der Waals surface area contributed by atoms with Crippen LogP contribution in [-0.4, -0.2) is 27.6 Å². The number of carbonyl (C=O) groups is 1. The highest BCUT2D eigenvalue weighted by atomic mass is 16.5. The summed E-state index contributed by atoms with van der Waals surface area (Å²) in [5.41, 5.74) is 1.98. The fourth-order valence-electron chi connectivity index (χ4n) is 3.38. The maximum Gasteiger partial charge on any atom is 0.318 e. The molecule has 2 amide bonds. The Balaban J connectivity index is 1.47. The summed E-state index contributed by atoms with van der Waals surface area (Å²) >= 11 is 0. The zero-order valence-corrected chi connectivity index (χ0v) is 15.0. The van der Waals surface area contributed by atoms with E-state index in [-0.39, 0.29) is 12.1 Å². The molecule has 1 N–H and O–H groups in total. The minimum atomic E-state index is -0.181. The van der Waals surface area contributed by atoms with E-state index in [1.165, 1.54) is 0 Å². The molecule has 0 radical (unpaired) electrons. The number of rotatable bonds is 4. The number of aromatic nitrogens is 2. The Hall–Kier alpha value is -3.15. The summed E-state index contributed by atoms with van der Waals surface area (Å²) in [7, 11) is 0. The van der Waals surface area contributed by atoms with Crippen molar-refractivity contribution < 1.29 is 9.32 Å². The van der Waals surface area contributed by atoms with E-state index < -0.39 is 0 Å². The van der Waals surface area contributed by atoms with Crippen molar-refractivity contribution in [1.82, 2.24) is 20.4 Å². The van der Waals surface area contributed by atoms with Gasteiger partial charge in [0.25, 0.3) is 0 Å². The van der Waals surface area contributed by atoms with E-state index in [1.807, 2.05) is 65.6 Å². The molecule has 0 spiro atoms. The van der Waals surface area contributed by atoms with Crippen LogP contribution < -0.4 is 5.32 Å². The average Bonchev–Trinajstić information content (AvgIpc) is 3.23. The van der Waals surface area contributed by atoms with Gasteiger partial charge in [0.15, 0.2) is 0 Å². The molecule has 1 unspecified atom stereocenters. The van der Waals surface area contributed by atoms with E-state index in [1.54, 1.807) is 0 Å². The maximum absolute atomic E-state index is 12.8. The Kier molecular flexibility index (Phi) is 5.14. The van der Waals surface area contributed by atoms with E-state index in [2.05, 4.69) is 15.5 Å². The second kappa shape index (κ2) is 8.03. The first kappa shape index (κ1) is 17.3. The molecule has 6 heteroatoms. The Labute approximate surface area is 158 Å². The molecule has 0 saturated carbocycles. The Bertz CT molecular complexity index is 879. The van der Waals surface area contributed by atoms with Crippen LogP contribution in [0.2, 0.25) is 0 Å². The summed E-state index contributed by atoms with van der Waals surface area (Å²) in [6.45, 7) is 1.19. The summed E-state index contributed by atoms with van der Waals surface area (Å²) in [6.07, 6.45) is 2.85. The molecular formula is C21H22N4O2. The van der Waals surface area contributed by atoms with Crippen molar-refractivity contribution in [3.63, 3.8) is 0 Å². The number of amides is 2. The molecule has 27 heavy (non-hydrogen) atoms. The van der Waals surface area contributed by atoms with Crippen molar-refractivity contribution in [2.24, 2.45) is 0 Å².